The Balaban J connectivity index is 1.45. The van der Waals surface area contributed by atoms with Crippen molar-refractivity contribution in [3.8, 4) is 17.2 Å². The summed E-state index contributed by atoms with van der Waals surface area (Å²) >= 11 is 0. The van der Waals surface area contributed by atoms with Crippen molar-refractivity contribution in [2.24, 2.45) is 5.92 Å². The fraction of sp³-hybridized carbons (Fsp3) is 0.429. The average molecular weight is 490 g/mol. The molecule has 1 aliphatic heterocycles. The van der Waals surface area contributed by atoms with E-state index in [1.54, 1.807) is 0 Å². The minimum absolute atomic E-state index is 0.0908. The Morgan fingerprint density at radius 2 is 1.72 bits per heavy atom. The predicted octanol–water partition coefficient (Wildman–Crippen LogP) is 4.00. The summed E-state index contributed by atoms with van der Waals surface area (Å²) in [6, 6.07) is 16.7. The van der Waals surface area contributed by atoms with E-state index in [0.717, 1.165) is 22.3 Å². The quantitative estimate of drug-likeness (QED) is 0.589. The Hall–Kier alpha value is -3.86. The van der Waals surface area contributed by atoms with E-state index in [4.69, 9.17) is 9.47 Å². The standard InChI is InChI=1S/C28H31N3O5/c1-4-17(2)26(27(33)31-15-20(36-18(3)32)13-19(31)14-29)30-28(34)35-16-25-23-11-7-5-9-21(23)22-10-6-8-12-24(22)25/h5-12,17,19-20,25-26H,4,13,15-16H2,1-3H3,(H,30,34)/t17-,19-,20-,26-/m0/s1. The molecular weight excluding hydrogens is 458 g/mol. The van der Waals surface area contributed by atoms with Gasteiger partial charge in [0.15, 0.2) is 0 Å². The molecule has 0 bridgehead atoms. The molecule has 2 aromatic rings. The molecule has 1 saturated heterocycles. The number of carbonyl (C=O) groups is 3. The molecule has 0 aromatic heterocycles. The van der Waals surface area contributed by atoms with Gasteiger partial charge in [-0.25, -0.2) is 4.79 Å². The number of likely N-dealkylation sites (tertiary alicyclic amines) is 1. The van der Waals surface area contributed by atoms with Crippen LogP contribution in [0.3, 0.4) is 0 Å². The number of alkyl carbamates (subject to hydrolysis) is 1. The van der Waals surface area contributed by atoms with Crippen LogP contribution in [0.5, 0.6) is 0 Å². The second-order valence-electron chi connectivity index (χ2n) is 9.44. The number of hydrogen-bond acceptors (Lipinski definition) is 6. The van der Waals surface area contributed by atoms with Crippen LogP contribution in [0.15, 0.2) is 48.5 Å². The topological polar surface area (TPSA) is 109 Å². The number of nitriles is 1. The molecule has 2 amide bonds. The van der Waals surface area contributed by atoms with Crippen molar-refractivity contribution >= 4 is 18.0 Å². The number of nitrogens with zero attached hydrogens (tertiary/aromatic N) is 2. The maximum Gasteiger partial charge on any atom is 0.407 e. The zero-order valence-corrected chi connectivity index (χ0v) is 20.8. The lowest BCUT2D eigenvalue weighted by Crippen LogP contribution is -2.53. The highest BCUT2D eigenvalue weighted by molar-refractivity contribution is 5.87. The number of nitrogens with one attached hydrogen (secondary N) is 1. The lowest BCUT2D eigenvalue weighted by Gasteiger charge is -2.29. The predicted molar refractivity (Wildman–Crippen MR) is 133 cm³/mol. The van der Waals surface area contributed by atoms with Crippen LogP contribution in [0.25, 0.3) is 11.1 Å². The van der Waals surface area contributed by atoms with Gasteiger partial charge < -0.3 is 19.7 Å². The van der Waals surface area contributed by atoms with Gasteiger partial charge in [-0.3, -0.25) is 9.59 Å². The number of esters is 1. The zero-order chi connectivity index (χ0) is 25.8. The Kier molecular flexibility index (Phi) is 7.58. The van der Waals surface area contributed by atoms with E-state index in [0.29, 0.717) is 6.42 Å². The van der Waals surface area contributed by atoms with Crippen LogP contribution in [-0.4, -0.2) is 54.2 Å². The number of carbonyl (C=O) groups excluding carboxylic acids is 3. The van der Waals surface area contributed by atoms with Gasteiger partial charge in [0, 0.05) is 19.3 Å². The van der Waals surface area contributed by atoms with Gasteiger partial charge >= 0.3 is 12.1 Å². The number of amides is 2. The maximum absolute atomic E-state index is 13.4. The minimum atomic E-state index is -0.863. The van der Waals surface area contributed by atoms with Gasteiger partial charge in [0.2, 0.25) is 5.91 Å². The van der Waals surface area contributed by atoms with E-state index in [1.165, 1.54) is 11.8 Å². The summed E-state index contributed by atoms with van der Waals surface area (Å²) in [5, 5.41) is 12.3. The van der Waals surface area contributed by atoms with Crippen LogP contribution in [0, 0.1) is 17.2 Å². The second kappa shape index (κ2) is 10.8. The van der Waals surface area contributed by atoms with Crippen molar-refractivity contribution in [3.63, 3.8) is 0 Å². The minimum Gasteiger partial charge on any atom is -0.461 e. The third-order valence-corrected chi connectivity index (χ3v) is 7.12. The average Bonchev–Trinajstić information content (AvgIpc) is 3.43. The highest BCUT2D eigenvalue weighted by Crippen LogP contribution is 2.44. The fourth-order valence-electron chi connectivity index (χ4n) is 5.11. The third kappa shape index (κ3) is 5.06. The van der Waals surface area contributed by atoms with Gasteiger partial charge in [0.25, 0.3) is 0 Å². The SMILES string of the molecule is CC[C@H](C)[C@H](NC(=O)OCC1c2ccccc2-c2ccccc21)C(=O)N1C[C@@H](OC(C)=O)C[C@H]1C#N. The Morgan fingerprint density at radius 1 is 1.11 bits per heavy atom. The summed E-state index contributed by atoms with van der Waals surface area (Å²) in [7, 11) is 0. The van der Waals surface area contributed by atoms with Crippen molar-refractivity contribution in [1.82, 2.24) is 10.2 Å². The second-order valence-corrected chi connectivity index (χ2v) is 9.44. The van der Waals surface area contributed by atoms with Crippen LogP contribution in [0.2, 0.25) is 0 Å². The smallest absolute Gasteiger partial charge is 0.407 e. The number of fused-ring (bicyclic) bond motifs is 3. The van der Waals surface area contributed by atoms with Gasteiger partial charge in [-0.2, -0.15) is 5.26 Å². The fourth-order valence-corrected chi connectivity index (χ4v) is 5.11. The summed E-state index contributed by atoms with van der Waals surface area (Å²) in [5.41, 5.74) is 4.47. The molecule has 0 saturated carbocycles. The lowest BCUT2D eigenvalue weighted by molar-refractivity contribution is -0.146. The molecule has 2 aliphatic rings. The number of ether oxygens (including phenoxy) is 2. The Bertz CT molecular complexity index is 1140. The lowest BCUT2D eigenvalue weighted by atomic mass is 9.97. The molecule has 8 nitrogen and oxygen atoms in total. The van der Waals surface area contributed by atoms with Crippen molar-refractivity contribution < 1.29 is 23.9 Å². The van der Waals surface area contributed by atoms with E-state index in [2.05, 4.69) is 23.5 Å². The molecule has 0 radical (unpaired) electrons. The first-order valence-corrected chi connectivity index (χ1v) is 12.3. The van der Waals surface area contributed by atoms with Crippen molar-refractivity contribution in [2.75, 3.05) is 13.2 Å². The van der Waals surface area contributed by atoms with Gasteiger partial charge in [-0.05, 0) is 28.2 Å². The van der Waals surface area contributed by atoms with Crippen molar-refractivity contribution in [3.05, 3.63) is 59.7 Å². The van der Waals surface area contributed by atoms with Gasteiger partial charge in [-0.15, -0.1) is 0 Å². The summed E-state index contributed by atoms with van der Waals surface area (Å²) in [6.07, 6.45) is -0.332. The van der Waals surface area contributed by atoms with Gasteiger partial charge in [-0.1, -0.05) is 68.8 Å². The molecule has 4 rings (SSSR count). The first kappa shape index (κ1) is 25.2. The normalized spacial score (nSPS) is 20.0. The van der Waals surface area contributed by atoms with E-state index in [-0.39, 0.29) is 37.3 Å². The molecule has 0 spiro atoms. The third-order valence-electron chi connectivity index (χ3n) is 7.12. The Labute approximate surface area is 211 Å². The first-order chi connectivity index (χ1) is 17.3. The van der Waals surface area contributed by atoms with Crippen molar-refractivity contribution in [1.29, 1.82) is 5.26 Å². The highest BCUT2D eigenvalue weighted by Gasteiger charge is 2.41. The molecule has 8 heteroatoms. The molecule has 1 heterocycles. The largest absolute Gasteiger partial charge is 0.461 e. The molecule has 1 aliphatic carbocycles. The maximum atomic E-state index is 13.4. The summed E-state index contributed by atoms with van der Waals surface area (Å²) in [6.45, 7) is 5.36. The van der Waals surface area contributed by atoms with E-state index in [1.807, 2.05) is 50.2 Å². The van der Waals surface area contributed by atoms with Crippen LogP contribution in [-0.2, 0) is 19.1 Å². The van der Waals surface area contributed by atoms with Crippen LogP contribution >= 0.6 is 0 Å². The van der Waals surface area contributed by atoms with Crippen molar-refractivity contribution in [2.45, 2.75) is 57.7 Å². The molecule has 1 N–H and O–H groups in total. The Morgan fingerprint density at radius 3 is 2.28 bits per heavy atom. The summed E-state index contributed by atoms with van der Waals surface area (Å²) < 4.78 is 10.9. The number of hydrogen-bond donors (Lipinski definition) is 1. The molecule has 36 heavy (non-hydrogen) atoms. The highest BCUT2D eigenvalue weighted by atomic mass is 16.6. The van der Waals surface area contributed by atoms with E-state index >= 15 is 0 Å². The van der Waals surface area contributed by atoms with E-state index < -0.39 is 30.3 Å². The summed E-state index contributed by atoms with van der Waals surface area (Å²) in [5.74, 6) is -1.11. The van der Waals surface area contributed by atoms with Crippen LogP contribution in [0.4, 0.5) is 4.79 Å². The molecule has 1 fully saturated rings. The molecule has 0 unspecified atom stereocenters. The molecule has 4 atom stereocenters. The molecular formula is C28H31N3O5. The molecule has 2 aromatic carbocycles. The van der Waals surface area contributed by atoms with E-state index in [9.17, 15) is 19.6 Å². The van der Waals surface area contributed by atoms with Gasteiger partial charge in [0.05, 0.1) is 12.6 Å². The van der Waals surface area contributed by atoms with Gasteiger partial charge in [0.1, 0.15) is 24.8 Å². The monoisotopic (exact) mass is 489 g/mol. The number of rotatable bonds is 7. The molecule has 188 valence electrons. The zero-order valence-electron chi connectivity index (χ0n) is 20.8. The van der Waals surface area contributed by atoms with Crippen LogP contribution < -0.4 is 5.32 Å². The number of benzene rings is 2. The first-order valence-electron chi connectivity index (χ1n) is 12.3. The summed E-state index contributed by atoms with van der Waals surface area (Å²) in [4.78, 5) is 39.1. The van der Waals surface area contributed by atoms with Crippen LogP contribution in [0.1, 0.15) is 50.7 Å².